The Balaban J connectivity index is 1.62. The van der Waals surface area contributed by atoms with Crippen molar-refractivity contribution >= 4 is 21.8 Å². The molecule has 2 aromatic rings. The highest BCUT2D eigenvalue weighted by Gasteiger charge is 2.24. The van der Waals surface area contributed by atoms with Crippen molar-refractivity contribution in [3.05, 3.63) is 46.7 Å². The normalized spacial score (nSPS) is 15.7. The lowest BCUT2D eigenvalue weighted by atomic mass is 9.93. The van der Waals surface area contributed by atoms with Gasteiger partial charge in [0.2, 0.25) is 0 Å². The maximum atomic E-state index is 12.7. The molecule has 3 rings (SSSR count). The molecule has 0 atom stereocenters. The van der Waals surface area contributed by atoms with Gasteiger partial charge >= 0.3 is 0 Å². The largest absolute Gasteiger partial charge is 0.337 e. The van der Waals surface area contributed by atoms with Crippen LogP contribution in [0.5, 0.6) is 0 Å². The Labute approximate surface area is 151 Å². The number of nitrogens with one attached hydrogen (secondary N) is 1. The van der Waals surface area contributed by atoms with Gasteiger partial charge < -0.3 is 10.2 Å². The van der Waals surface area contributed by atoms with Crippen LogP contribution in [0.2, 0.25) is 0 Å². The molecule has 0 saturated carbocycles. The number of nitrogens with zero attached hydrogens (tertiary/aromatic N) is 3. The smallest absolute Gasteiger partial charge is 0.274 e. The molecule has 128 valence electrons. The van der Waals surface area contributed by atoms with Crippen molar-refractivity contribution in [2.24, 2.45) is 5.92 Å². The molecular formula is C18H23BrN4O. The molecule has 1 amide bonds. The van der Waals surface area contributed by atoms with Crippen LogP contribution in [0.15, 0.2) is 41.0 Å². The van der Waals surface area contributed by atoms with E-state index in [4.69, 9.17) is 0 Å². The monoisotopic (exact) mass is 390 g/mol. The lowest BCUT2D eigenvalue weighted by Gasteiger charge is -2.31. The predicted octanol–water partition coefficient (Wildman–Crippen LogP) is 3.10. The third-order valence-corrected chi connectivity index (χ3v) is 5.08. The fourth-order valence-electron chi connectivity index (χ4n) is 3.14. The van der Waals surface area contributed by atoms with E-state index in [2.05, 4.69) is 26.3 Å². The summed E-state index contributed by atoms with van der Waals surface area (Å²) in [6.45, 7) is 2.71. The van der Waals surface area contributed by atoms with E-state index in [1.165, 1.54) is 6.42 Å². The number of benzene rings is 1. The van der Waals surface area contributed by atoms with Crippen LogP contribution in [0.4, 0.5) is 0 Å². The molecule has 1 fully saturated rings. The summed E-state index contributed by atoms with van der Waals surface area (Å²) in [6.07, 6.45) is 5.20. The third-order valence-electron chi connectivity index (χ3n) is 4.59. The van der Waals surface area contributed by atoms with Crippen LogP contribution < -0.4 is 5.32 Å². The predicted molar refractivity (Wildman–Crippen MR) is 98.4 cm³/mol. The highest BCUT2D eigenvalue weighted by molar-refractivity contribution is 9.10. The Hall–Kier alpha value is -1.66. The summed E-state index contributed by atoms with van der Waals surface area (Å²) in [4.78, 5) is 14.6. The average Bonchev–Trinajstić information content (AvgIpc) is 3.10. The van der Waals surface area contributed by atoms with Gasteiger partial charge in [0.25, 0.3) is 5.91 Å². The molecule has 24 heavy (non-hydrogen) atoms. The highest BCUT2D eigenvalue weighted by Crippen LogP contribution is 2.21. The number of halogens is 1. The minimum Gasteiger partial charge on any atom is -0.337 e. The van der Waals surface area contributed by atoms with E-state index in [9.17, 15) is 4.79 Å². The third kappa shape index (κ3) is 4.05. The van der Waals surface area contributed by atoms with Crippen molar-refractivity contribution in [1.29, 1.82) is 0 Å². The van der Waals surface area contributed by atoms with Crippen LogP contribution in [-0.4, -0.2) is 47.3 Å². The molecule has 0 bridgehead atoms. The molecule has 1 aliphatic rings. The van der Waals surface area contributed by atoms with Gasteiger partial charge in [-0.05, 0) is 63.0 Å². The van der Waals surface area contributed by atoms with Gasteiger partial charge in [-0.1, -0.05) is 22.0 Å². The average molecular weight is 391 g/mol. The van der Waals surface area contributed by atoms with Crippen molar-refractivity contribution in [3.8, 4) is 5.69 Å². The molecule has 2 heterocycles. The first-order chi connectivity index (χ1) is 11.7. The number of carbonyl (C=O) groups excluding carboxylic acids is 1. The molecular weight excluding hydrogens is 368 g/mol. The van der Waals surface area contributed by atoms with E-state index in [1.807, 2.05) is 42.4 Å². The van der Waals surface area contributed by atoms with E-state index >= 15 is 0 Å². The number of aromatic nitrogens is 2. The summed E-state index contributed by atoms with van der Waals surface area (Å²) in [5.41, 5.74) is 1.46. The van der Waals surface area contributed by atoms with Crippen LogP contribution in [0.25, 0.3) is 5.69 Å². The minimum absolute atomic E-state index is 0.0378. The summed E-state index contributed by atoms with van der Waals surface area (Å²) >= 11 is 3.46. The second kappa shape index (κ2) is 7.94. The lowest BCUT2D eigenvalue weighted by Crippen LogP contribution is -2.39. The first kappa shape index (κ1) is 17.2. The molecule has 0 aliphatic carbocycles. The molecule has 1 aromatic heterocycles. The summed E-state index contributed by atoms with van der Waals surface area (Å²) in [5, 5.41) is 7.66. The number of amides is 1. The summed E-state index contributed by atoms with van der Waals surface area (Å²) < 4.78 is 2.74. The van der Waals surface area contributed by atoms with Crippen molar-refractivity contribution in [2.45, 2.75) is 19.3 Å². The fraction of sp³-hybridized carbons (Fsp3) is 0.444. The van der Waals surface area contributed by atoms with Crippen molar-refractivity contribution in [3.63, 3.8) is 0 Å². The quantitative estimate of drug-likeness (QED) is 0.852. The summed E-state index contributed by atoms with van der Waals surface area (Å²) in [6, 6.07) is 9.68. The summed E-state index contributed by atoms with van der Waals surface area (Å²) in [5.74, 6) is 0.761. The molecule has 5 nitrogen and oxygen atoms in total. The fourth-order valence-corrected chi connectivity index (χ4v) is 3.52. The minimum atomic E-state index is 0.0378. The topological polar surface area (TPSA) is 50.2 Å². The molecule has 0 spiro atoms. The Morgan fingerprint density at radius 2 is 2.12 bits per heavy atom. The highest BCUT2D eigenvalue weighted by atomic mass is 79.9. The zero-order valence-corrected chi connectivity index (χ0v) is 15.5. The van der Waals surface area contributed by atoms with Gasteiger partial charge in [0.15, 0.2) is 5.69 Å². The van der Waals surface area contributed by atoms with Gasteiger partial charge in [-0.2, -0.15) is 5.10 Å². The number of carbonyl (C=O) groups is 1. The van der Waals surface area contributed by atoms with Crippen molar-refractivity contribution in [2.75, 3.05) is 26.7 Å². The Morgan fingerprint density at radius 1 is 1.33 bits per heavy atom. The van der Waals surface area contributed by atoms with E-state index in [1.54, 1.807) is 10.7 Å². The van der Waals surface area contributed by atoms with Crippen LogP contribution >= 0.6 is 15.9 Å². The van der Waals surface area contributed by atoms with E-state index in [0.29, 0.717) is 5.69 Å². The van der Waals surface area contributed by atoms with Crippen molar-refractivity contribution < 1.29 is 4.79 Å². The number of likely N-dealkylation sites (tertiary alicyclic amines) is 1. The Bertz CT molecular complexity index is 692. The van der Waals surface area contributed by atoms with E-state index in [0.717, 1.165) is 48.6 Å². The van der Waals surface area contributed by atoms with Crippen molar-refractivity contribution in [1.82, 2.24) is 20.0 Å². The second-order valence-electron chi connectivity index (χ2n) is 6.25. The van der Waals surface area contributed by atoms with Crippen LogP contribution in [0.1, 0.15) is 29.8 Å². The van der Waals surface area contributed by atoms with E-state index in [-0.39, 0.29) is 5.91 Å². The standard InChI is InChI=1S/C18H23BrN4O/c1-20-9-5-14-6-10-22(11-7-14)18(24)17-8-12-23(21-17)16-4-2-3-15(19)13-16/h2-4,8,12-14,20H,5-7,9-11H2,1H3. The van der Waals surface area contributed by atoms with Gasteiger partial charge in [0, 0.05) is 23.8 Å². The van der Waals surface area contributed by atoms with Gasteiger partial charge in [0.05, 0.1) is 5.69 Å². The van der Waals surface area contributed by atoms with Gasteiger partial charge in [-0.3, -0.25) is 4.79 Å². The first-order valence-electron chi connectivity index (χ1n) is 8.43. The molecule has 0 radical (unpaired) electrons. The maximum absolute atomic E-state index is 12.7. The van der Waals surface area contributed by atoms with Crippen LogP contribution in [0.3, 0.4) is 0 Å². The Morgan fingerprint density at radius 3 is 2.83 bits per heavy atom. The Kier molecular flexibility index (Phi) is 5.68. The van der Waals surface area contributed by atoms with Crippen LogP contribution in [0, 0.1) is 5.92 Å². The molecule has 1 N–H and O–H groups in total. The first-order valence-corrected chi connectivity index (χ1v) is 9.22. The molecule has 1 aliphatic heterocycles. The molecule has 1 aromatic carbocycles. The van der Waals surface area contributed by atoms with Gasteiger partial charge in [0.1, 0.15) is 0 Å². The zero-order valence-electron chi connectivity index (χ0n) is 13.9. The maximum Gasteiger partial charge on any atom is 0.274 e. The number of piperidine rings is 1. The number of rotatable bonds is 5. The van der Waals surface area contributed by atoms with Crippen LogP contribution in [-0.2, 0) is 0 Å². The number of hydrogen-bond donors (Lipinski definition) is 1. The van der Waals surface area contributed by atoms with Gasteiger partial charge in [-0.25, -0.2) is 4.68 Å². The van der Waals surface area contributed by atoms with Gasteiger partial charge in [-0.15, -0.1) is 0 Å². The molecule has 6 heteroatoms. The zero-order chi connectivity index (χ0) is 16.9. The summed E-state index contributed by atoms with van der Waals surface area (Å²) in [7, 11) is 1.99. The molecule has 0 unspecified atom stereocenters. The van der Waals surface area contributed by atoms with E-state index < -0.39 is 0 Å². The second-order valence-corrected chi connectivity index (χ2v) is 7.17. The molecule has 1 saturated heterocycles. The lowest BCUT2D eigenvalue weighted by molar-refractivity contribution is 0.0680. The SMILES string of the molecule is CNCCC1CCN(C(=O)c2ccn(-c3cccc(Br)c3)n2)CC1. The number of hydrogen-bond acceptors (Lipinski definition) is 3.